The minimum Gasteiger partial charge on any atom is -0.481 e. The van der Waals surface area contributed by atoms with Gasteiger partial charge in [-0.15, -0.1) is 13.2 Å². The number of carboxylic acids is 1. The van der Waals surface area contributed by atoms with Crippen molar-refractivity contribution in [2.75, 3.05) is 0 Å². The van der Waals surface area contributed by atoms with Crippen LogP contribution in [0, 0.1) is 0 Å². The molecule has 0 unspecified atom stereocenters. The summed E-state index contributed by atoms with van der Waals surface area (Å²) in [4.78, 5) is 9.53. The Labute approximate surface area is 100 Å². The van der Waals surface area contributed by atoms with Crippen molar-refractivity contribution in [3.8, 4) is 0 Å². The SMILES string of the molecule is C=CCC(=O)O.C=CCCCCCCCC. The molecule has 0 aromatic heterocycles. The van der Waals surface area contributed by atoms with Gasteiger partial charge in [0.2, 0.25) is 0 Å². The molecule has 0 saturated heterocycles. The second-order valence-corrected chi connectivity index (χ2v) is 3.73. The fourth-order valence-electron chi connectivity index (χ4n) is 1.19. The maximum atomic E-state index is 9.53. The van der Waals surface area contributed by atoms with E-state index in [0.717, 1.165) is 0 Å². The van der Waals surface area contributed by atoms with Gasteiger partial charge in [0, 0.05) is 0 Å². The average Bonchev–Trinajstić information content (AvgIpc) is 2.24. The lowest BCUT2D eigenvalue weighted by molar-refractivity contribution is -0.135. The molecule has 0 heterocycles. The van der Waals surface area contributed by atoms with Gasteiger partial charge in [0.25, 0.3) is 0 Å². The van der Waals surface area contributed by atoms with Crippen molar-refractivity contribution in [2.45, 2.75) is 58.3 Å². The molecule has 0 spiro atoms. The van der Waals surface area contributed by atoms with E-state index >= 15 is 0 Å². The number of hydrogen-bond acceptors (Lipinski definition) is 1. The van der Waals surface area contributed by atoms with E-state index in [0.29, 0.717) is 0 Å². The van der Waals surface area contributed by atoms with E-state index in [1.807, 2.05) is 6.08 Å². The first-order chi connectivity index (χ1) is 7.68. The van der Waals surface area contributed by atoms with E-state index in [1.165, 1.54) is 51.0 Å². The van der Waals surface area contributed by atoms with Crippen molar-refractivity contribution in [1.29, 1.82) is 0 Å². The molecule has 0 atom stereocenters. The largest absolute Gasteiger partial charge is 0.481 e. The Hall–Kier alpha value is -1.05. The van der Waals surface area contributed by atoms with Crippen LogP contribution in [-0.4, -0.2) is 11.1 Å². The van der Waals surface area contributed by atoms with Gasteiger partial charge in [-0.3, -0.25) is 4.79 Å². The summed E-state index contributed by atoms with van der Waals surface area (Å²) in [6.45, 7) is 9.17. The van der Waals surface area contributed by atoms with Crippen molar-refractivity contribution >= 4 is 5.97 Å². The smallest absolute Gasteiger partial charge is 0.307 e. The summed E-state index contributed by atoms with van der Waals surface area (Å²) < 4.78 is 0. The molecule has 0 aromatic carbocycles. The maximum absolute atomic E-state index is 9.53. The topological polar surface area (TPSA) is 37.3 Å². The molecule has 0 fully saturated rings. The van der Waals surface area contributed by atoms with Gasteiger partial charge < -0.3 is 5.11 Å². The van der Waals surface area contributed by atoms with Crippen LogP contribution in [0.15, 0.2) is 25.3 Å². The molecule has 16 heavy (non-hydrogen) atoms. The van der Waals surface area contributed by atoms with Gasteiger partial charge in [-0.05, 0) is 12.8 Å². The van der Waals surface area contributed by atoms with Crippen LogP contribution in [0.2, 0.25) is 0 Å². The molecule has 2 nitrogen and oxygen atoms in total. The van der Waals surface area contributed by atoms with Crippen LogP contribution in [0.4, 0.5) is 0 Å². The fraction of sp³-hybridized carbons (Fsp3) is 0.643. The third kappa shape index (κ3) is 23.1. The summed E-state index contributed by atoms with van der Waals surface area (Å²) in [5.74, 6) is -0.829. The second-order valence-electron chi connectivity index (χ2n) is 3.73. The lowest BCUT2D eigenvalue weighted by Crippen LogP contribution is -1.88. The van der Waals surface area contributed by atoms with E-state index < -0.39 is 5.97 Å². The highest BCUT2D eigenvalue weighted by molar-refractivity contribution is 5.68. The molecular formula is C14H26O2. The van der Waals surface area contributed by atoms with Crippen LogP contribution in [0.5, 0.6) is 0 Å². The van der Waals surface area contributed by atoms with Crippen LogP contribution in [0.1, 0.15) is 58.3 Å². The first-order valence-corrected chi connectivity index (χ1v) is 6.12. The van der Waals surface area contributed by atoms with E-state index in [1.54, 1.807) is 0 Å². The zero-order chi connectivity index (χ0) is 12.6. The van der Waals surface area contributed by atoms with E-state index in [4.69, 9.17) is 5.11 Å². The zero-order valence-corrected chi connectivity index (χ0v) is 10.6. The monoisotopic (exact) mass is 226 g/mol. The molecule has 0 saturated carbocycles. The number of unbranched alkanes of at least 4 members (excludes halogenated alkanes) is 6. The summed E-state index contributed by atoms with van der Waals surface area (Å²) >= 11 is 0. The average molecular weight is 226 g/mol. The van der Waals surface area contributed by atoms with Crippen molar-refractivity contribution in [2.24, 2.45) is 0 Å². The molecule has 1 N–H and O–H groups in total. The quantitative estimate of drug-likeness (QED) is 0.462. The normalized spacial score (nSPS) is 8.81. The summed E-state index contributed by atoms with van der Waals surface area (Å²) in [5, 5.41) is 7.84. The minimum atomic E-state index is -0.829. The van der Waals surface area contributed by atoms with Gasteiger partial charge in [0.05, 0.1) is 6.42 Å². The Kier molecular flexibility index (Phi) is 17.8. The molecule has 0 aliphatic carbocycles. The van der Waals surface area contributed by atoms with Gasteiger partial charge >= 0.3 is 5.97 Å². The van der Waals surface area contributed by atoms with Crippen LogP contribution in [0.3, 0.4) is 0 Å². The van der Waals surface area contributed by atoms with E-state index in [9.17, 15) is 4.79 Å². The highest BCUT2D eigenvalue weighted by atomic mass is 16.4. The van der Waals surface area contributed by atoms with Crippen molar-refractivity contribution in [3.05, 3.63) is 25.3 Å². The maximum Gasteiger partial charge on any atom is 0.307 e. The van der Waals surface area contributed by atoms with Crippen LogP contribution < -0.4 is 0 Å². The van der Waals surface area contributed by atoms with Crippen molar-refractivity contribution < 1.29 is 9.90 Å². The number of aliphatic carboxylic acids is 1. The van der Waals surface area contributed by atoms with E-state index in [2.05, 4.69) is 20.1 Å². The molecule has 0 radical (unpaired) electrons. The Balaban J connectivity index is 0. The minimum absolute atomic E-state index is 0.0556. The second kappa shape index (κ2) is 16.4. The Morgan fingerprint density at radius 3 is 2.00 bits per heavy atom. The highest BCUT2D eigenvalue weighted by Gasteiger charge is 1.86. The summed E-state index contributed by atoms with van der Waals surface area (Å²) in [6.07, 6.45) is 13.0. The molecule has 2 heteroatoms. The number of carboxylic acid groups (broad SMARTS) is 1. The molecule has 0 aliphatic heterocycles. The number of rotatable bonds is 9. The first kappa shape index (κ1) is 17.3. The highest BCUT2D eigenvalue weighted by Crippen LogP contribution is 2.06. The molecular weight excluding hydrogens is 200 g/mol. The zero-order valence-electron chi connectivity index (χ0n) is 10.6. The van der Waals surface area contributed by atoms with Gasteiger partial charge in [-0.2, -0.15) is 0 Å². The first-order valence-electron chi connectivity index (χ1n) is 6.12. The van der Waals surface area contributed by atoms with Crippen LogP contribution >= 0.6 is 0 Å². The van der Waals surface area contributed by atoms with Crippen LogP contribution in [-0.2, 0) is 4.79 Å². The molecule has 0 rings (SSSR count). The molecule has 94 valence electrons. The van der Waals surface area contributed by atoms with Crippen molar-refractivity contribution in [3.63, 3.8) is 0 Å². The van der Waals surface area contributed by atoms with E-state index in [-0.39, 0.29) is 6.42 Å². The summed E-state index contributed by atoms with van der Waals surface area (Å²) in [7, 11) is 0. The van der Waals surface area contributed by atoms with Gasteiger partial charge in [-0.25, -0.2) is 0 Å². The molecule has 0 aliphatic rings. The van der Waals surface area contributed by atoms with Crippen LogP contribution in [0.25, 0.3) is 0 Å². The van der Waals surface area contributed by atoms with Gasteiger partial charge in [0.1, 0.15) is 0 Å². The Bertz CT molecular complexity index is 174. The predicted molar refractivity (Wildman–Crippen MR) is 70.6 cm³/mol. The summed E-state index contributed by atoms with van der Waals surface area (Å²) in [5.41, 5.74) is 0. The lowest BCUT2D eigenvalue weighted by atomic mass is 10.1. The summed E-state index contributed by atoms with van der Waals surface area (Å²) in [6, 6.07) is 0. The fourth-order valence-corrected chi connectivity index (χ4v) is 1.19. The predicted octanol–water partition coefficient (Wildman–Crippen LogP) is 4.57. The number of carbonyl (C=O) groups is 1. The third-order valence-corrected chi connectivity index (χ3v) is 2.08. The van der Waals surface area contributed by atoms with Gasteiger partial charge in [-0.1, -0.05) is 51.2 Å². The number of allylic oxidation sites excluding steroid dienone is 1. The van der Waals surface area contributed by atoms with Gasteiger partial charge in [0.15, 0.2) is 0 Å². The third-order valence-electron chi connectivity index (χ3n) is 2.08. The number of hydrogen-bond donors (Lipinski definition) is 1. The molecule has 0 amide bonds. The molecule has 0 bridgehead atoms. The molecule has 0 aromatic rings. The lowest BCUT2D eigenvalue weighted by Gasteiger charge is -1.96. The Morgan fingerprint density at radius 2 is 1.62 bits per heavy atom. The van der Waals surface area contributed by atoms with Crippen molar-refractivity contribution in [1.82, 2.24) is 0 Å². The Morgan fingerprint density at radius 1 is 1.06 bits per heavy atom. The standard InChI is InChI=1S/C10H20.C4H6O2/c1-3-5-7-9-10-8-6-4-2;1-2-3-4(5)6/h3H,1,4-10H2,2H3;2H,1,3H2,(H,5,6).